The summed E-state index contributed by atoms with van der Waals surface area (Å²) in [7, 11) is 0. The van der Waals surface area contributed by atoms with E-state index >= 15 is 0 Å². The quantitative estimate of drug-likeness (QED) is 0.813. The Labute approximate surface area is 143 Å². The Morgan fingerprint density at radius 3 is 2.26 bits per heavy atom. The lowest BCUT2D eigenvalue weighted by atomic mass is 9.78. The molecule has 3 heterocycles. The SMILES string of the molecule is CC(=O)c1c(C)[nH]c(C(=O)N2CCC3(CCNC3)CC2)c1C.Cl. The van der Waals surface area contributed by atoms with E-state index in [1.807, 2.05) is 18.7 Å². The van der Waals surface area contributed by atoms with E-state index in [2.05, 4.69) is 10.3 Å². The van der Waals surface area contributed by atoms with Gasteiger partial charge in [-0.1, -0.05) is 0 Å². The highest BCUT2D eigenvalue weighted by Gasteiger charge is 2.38. The Hall–Kier alpha value is -1.33. The predicted octanol–water partition coefficient (Wildman–Crippen LogP) is 2.47. The smallest absolute Gasteiger partial charge is 0.270 e. The van der Waals surface area contributed by atoms with Crippen LogP contribution in [0.4, 0.5) is 0 Å². The number of rotatable bonds is 2. The minimum Gasteiger partial charge on any atom is -0.354 e. The Bertz CT molecular complexity index is 608. The summed E-state index contributed by atoms with van der Waals surface area (Å²) < 4.78 is 0. The topological polar surface area (TPSA) is 65.2 Å². The fourth-order valence-corrected chi connectivity index (χ4v) is 4.06. The number of ketones is 1. The third-order valence-corrected chi connectivity index (χ3v) is 5.45. The van der Waals surface area contributed by atoms with E-state index in [1.165, 1.54) is 6.42 Å². The maximum absolute atomic E-state index is 12.8. The van der Waals surface area contributed by atoms with Crippen LogP contribution >= 0.6 is 12.4 Å². The van der Waals surface area contributed by atoms with E-state index in [0.29, 0.717) is 16.7 Å². The second-order valence-electron chi connectivity index (χ2n) is 6.90. The van der Waals surface area contributed by atoms with Crippen molar-refractivity contribution < 1.29 is 9.59 Å². The van der Waals surface area contributed by atoms with Gasteiger partial charge >= 0.3 is 0 Å². The number of Topliss-reactive ketones (excluding diaryl/α,β-unsaturated/α-hetero) is 1. The van der Waals surface area contributed by atoms with Crippen molar-refractivity contribution >= 4 is 24.1 Å². The Morgan fingerprint density at radius 2 is 1.78 bits per heavy atom. The van der Waals surface area contributed by atoms with Crippen LogP contribution in [0.2, 0.25) is 0 Å². The number of carbonyl (C=O) groups is 2. The highest BCUT2D eigenvalue weighted by Crippen LogP contribution is 2.37. The molecule has 128 valence electrons. The van der Waals surface area contributed by atoms with Crippen LogP contribution in [-0.2, 0) is 0 Å². The molecule has 0 atom stereocenters. The van der Waals surface area contributed by atoms with Crippen molar-refractivity contribution in [3.63, 3.8) is 0 Å². The number of aromatic amines is 1. The number of likely N-dealkylation sites (tertiary alicyclic amines) is 1. The van der Waals surface area contributed by atoms with Gasteiger partial charge in [-0.05, 0) is 57.6 Å². The second kappa shape index (κ2) is 6.65. The fourth-order valence-electron chi connectivity index (χ4n) is 4.06. The molecule has 1 aromatic rings. The number of nitrogens with one attached hydrogen (secondary N) is 2. The van der Waals surface area contributed by atoms with Crippen molar-refractivity contribution in [1.29, 1.82) is 0 Å². The molecule has 2 aliphatic rings. The molecule has 2 fully saturated rings. The number of carbonyl (C=O) groups excluding carboxylic acids is 2. The van der Waals surface area contributed by atoms with Crippen molar-refractivity contribution in [3.8, 4) is 0 Å². The highest BCUT2D eigenvalue weighted by molar-refractivity contribution is 6.02. The number of hydrogen-bond donors (Lipinski definition) is 2. The van der Waals surface area contributed by atoms with Crippen molar-refractivity contribution in [2.24, 2.45) is 5.41 Å². The number of aryl methyl sites for hydroxylation is 1. The van der Waals surface area contributed by atoms with Crippen LogP contribution in [0.1, 0.15) is 58.3 Å². The zero-order valence-corrected chi connectivity index (χ0v) is 14.9. The molecule has 6 heteroatoms. The first kappa shape index (κ1) is 18.0. The minimum atomic E-state index is 0. The molecule has 0 aliphatic carbocycles. The van der Waals surface area contributed by atoms with Crippen molar-refractivity contribution in [2.45, 2.75) is 40.0 Å². The van der Waals surface area contributed by atoms with Crippen LogP contribution in [0.5, 0.6) is 0 Å². The van der Waals surface area contributed by atoms with Gasteiger partial charge in [0.25, 0.3) is 5.91 Å². The zero-order chi connectivity index (χ0) is 15.9. The van der Waals surface area contributed by atoms with E-state index in [4.69, 9.17) is 0 Å². The van der Waals surface area contributed by atoms with E-state index < -0.39 is 0 Å². The van der Waals surface area contributed by atoms with Gasteiger partial charge < -0.3 is 15.2 Å². The minimum absolute atomic E-state index is 0. The monoisotopic (exact) mass is 339 g/mol. The molecule has 1 spiro atoms. The van der Waals surface area contributed by atoms with Crippen molar-refractivity contribution in [3.05, 3.63) is 22.5 Å². The van der Waals surface area contributed by atoms with Crippen molar-refractivity contribution in [1.82, 2.24) is 15.2 Å². The van der Waals surface area contributed by atoms with Gasteiger partial charge in [0.2, 0.25) is 0 Å². The number of H-pyrrole nitrogens is 1. The van der Waals surface area contributed by atoms with Crippen LogP contribution in [0.15, 0.2) is 0 Å². The molecule has 2 saturated heterocycles. The predicted molar refractivity (Wildman–Crippen MR) is 92.6 cm³/mol. The van der Waals surface area contributed by atoms with Gasteiger partial charge in [-0.15, -0.1) is 12.4 Å². The molecule has 0 saturated carbocycles. The van der Waals surface area contributed by atoms with Crippen LogP contribution in [-0.4, -0.2) is 47.8 Å². The fraction of sp³-hybridized carbons (Fsp3) is 0.647. The van der Waals surface area contributed by atoms with E-state index in [1.54, 1.807) is 6.92 Å². The third-order valence-electron chi connectivity index (χ3n) is 5.45. The first-order chi connectivity index (χ1) is 10.4. The summed E-state index contributed by atoms with van der Waals surface area (Å²) in [6, 6.07) is 0. The summed E-state index contributed by atoms with van der Waals surface area (Å²) in [5.41, 5.74) is 3.24. The molecule has 0 unspecified atom stereocenters. The lowest BCUT2D eigenvalue weighted by molar-refractivity contribution is 0.0602. The van der Waals surface area contributed by atoms with Gasteiger partial charge in [0.15, 0.2) is 5.78 Å². The molecule has 0 radical (unpaired) electrons. The molecule has 0 aromatic carbocycles. The molecule has 5 nitrogen and oxygen atoms in total. The number of nitrogens with zero attached hydrogens (tertiary/aromatic N) is 1. The molecule has 23 heavy (non-hydrogen) atoms. The maximum atomic E-state index is 12.8. The molecule has 2 N–H and O–H groups in total. The molecule has 3 rings (SSSR count). The van der Waals surface area contributed by atoms with Gasteiger partial charge in [-0.25, -0.2) is 0 Å². The first-order valence-electron chi connectivity index (χ1n) is 8.14. The largest absolute Gasteiger partial charge is 0.354 e. The zero-order valence-electron chi connectivity index (χ0n) is 14.1. The number of piperidine rings is 1. The number of amides is 1. The second-order valence-corrected chi connectivity index (χ2v) is 6.90. The first-order valence-corrected chi connectivity index (χ1v) is 8.14. The summed E-state index contributed by atoms with van der Waals surface area (Å²) >= 11 is 0. The van der Waals surface area contributed by atoms with E-state index in [0.717, 1.165) is 50.3 Å². The molecular formula is C17H26ClN3O2. The Morgan fingerprint density at radius 1 is 1.13 bits per heavy atom. The molecular weight excluding hydrogens is 314 g/mol. The summed E-state index contributed by atoms with van der Waals surface area (Å²) in [5.74, 6) is 0.0498. The standard InChI is InChI=1S/C17H25N3O2.ClH/c1-11-14(13(3)21)12(2)19-15(11)16(22)20-8-5-17(6-9-20)4-7-18-10-17;/h18-19H,4-10H2,1-3H3;1H. The highest BCUT2D eigenvalue weighted by atomic mass is 35.5. The van der Waals surface area contributed by atoms with E-state index in [9.17, 15) is 9.59 Å². The van der Waals surface area contributed by atoms with E-state index in [-0.39, 0.29) is 24.1 Å². The summed E-state index contributed by atoms with van der Waals surface area (Å²) in [6.07, 6.45) is 3.37. The number of hydrogen-bond acceptors (Lipinski definition) is 3. The van der Waals surface area contributed by atoms with Crippen LogP contribution < -0.4 is 5.32 Å². The summed E-state index contributed by atoms with van der Waals surface area (Å²) in [5, 5.41) is 3.44. The van der Waals surface area contributed by atoms with Crippen LogP contribution in [0.3, 0.4) is 0 Å². The molecule has 0 bridgehead atoms. The maximum Gasteiger partial charge on any atom is 0.270 e. The Balaban J connectivity index is 0.00000192. The molecule has 2 aliphatic heterocycles. The van der Waals surface area contributed by atoms with Crippen molar-refractivity contribution in [2.75, 3.05) is 26.2 Å². The number of halogens is 1. The summed E-state index contributed by atoms with van der Waals surface area (Å²) in [6.45, 7) is 9.08. The molecule has 1 amide bonds. The van der Waals surface area contributed by atoms with Gasteiger partial charge in [-0.3, -0.25) is 9.59 Å². The normalized spacial score (nSPS) is 19.7. The van der Waals surface area contributed by atoms with Gasteiger partial charge in [0.1, 0.15) is 5.69 Å². The number of aromatic nitrogens is 1. The average molecular weight is 340 g/mol. The van der Waals surface area contributed by atoms with Crippen LogP contribution in [0, 0.1) is 19.3 Å². The van der Waals surface area contributed by atoms with Gasteiger partial charge in [0.05, 0.1) is 0 Å². The summed E-state index contributed by atoms with van der Waals surface area (Å²) in [4.78, 5) is 29.6. The Kier molecular flexibility index (Phi) is 5.21. The average Bonchev–Trinajstić information content (AvgIpc) is 3.04. The lowest BCUT2D eigenvalue weighted by Gasteiger charge is -2.38. The van der Waals surface area contributed by atoms with Gasteiger partial charge in [-0.2, -0.15) is 0 Å². The van der Waals surface area contributed by atoms with Gasteiger partial charge in [0, 0.05) is 30.9 Å². The van der Waals surface area contributed by atoms with Crippen LogP contribution in [0.25, 0.3) is 0 Å². The lowest BCUT2D eigenvalue weighted by Crippen LogP contribution is -2.44. The third kappa shape index (κ3) is 3.17. The molecule has 1 aromatic heterocycles.